The van der Waals surface area contributed by atoms with Crippen LogP contribution in [0.5, 0.6) is 0 Å². The summed E-state index contributed by atoms with van der Waals surface area (Å²) in [5.41, 5.74) is 16.7. The molecule has 0 aromatic carbocycles. The van der Waals surface area contributed by atoms with Gasteiger partial charge in [-0.05, 0) is 108 Å². The number of nitrogens with zero attached hydrogens (tertiary/aromatic N) is 4. The summed E-state index contributed by atoms with van der Waals surface area (Å²) in [5, 5.41) is 4.69. The molecule has 2 aromatic heterocycles. The summed E-state index contributed by atoms with van der Waals surface area (Å²) in [4.78, 5) is 68.4. The molecule has 6 aliphatic heterocycles. The predicted molar refractivity (Wildman–Crippen MR) is 251 cm³/mol. The number of allylic oxidation sites excluding steroid dienone is 5. The smallest absolute Gasteiger partial charge is 0.446 e. The Morgan fingerprint density at radius 2 is 1.42 bits per heavy atom. The van der Waals surface area contributed by atoms with Crippen molar-refractivity contribution in [2.24, 2.45) is 0 Å². The molecule has 6 aliphatic rings. The van der Waals surface area contributed by atoms with Crippen molar-refractivity contribution in [2.75, 3.05) is 19.7 Å². The molecular weight excluding hydrogens is 825 g/mol. The molecule has 2 unspecified atom stereocenters. The van der Waals surface area contributed by atoms with Crippen LogP contribution in [0.3, 0.4) is 0 Å². The average Bonchev–Trinajstić information content (AvgIpc) is 3.97. The van der Waals surface area contributed by atoms with Crippen molar-refractivity contribution in [2.45, 2.75) is 150 Å². The number of nitrogens with one attached hydrogen (secondary N) is 2. The molecule has 338 valence electrons. The number of Topliss-reactive ketones (excluding diaryl/α,β-unsaturated/α-hetero) is 1. The van der Waals surface area contributed by atoms with Crippen molar-refractivity contribution in [3.05, 3.63) is 84.1 Å². The summed E-state index contributed by atoms with van der Waals surface area (Å²) in [6.07, 6.45) is 18.0. The fourth-order valence-electron chi connectivity index (χ4n) is 10.5. The first kappa shape index (κ1) is 45.3. The van der Waals surface area contributed by atoms with Gasteiger partial charge in [0, 0.05) is 90.3 Å². The number of aromatic amines is 1. The number of aromatic nitrogens is 2. The summed E-state index contributed by atoms with van der Waals surface area (Å²) in [7, 11) is 0. The summed E-state index contributed by atoms with van der Waals surface area (Å²) in [5.74, 6) is -0.957. The molecular formula is C51H64N6O6S+2. The number of thiol groups is 1. The van der Waals surface area contributed by atoms with Crippen LogP contribution >= 0.6 is 12.6 Å². The van der Waals surface area contributed by atoms with Crippen LogP contribution in [-0.2, 0) is 41.6 Å². The van der Waals surface area contributed by atoms with Gasteiger partial charge in [0.2, 0.25) is 40.5 Å². The number of likely N-dealkylation sites (tertiary alicyclic amines) is 1. The molecule has 12 nitrogen and oxygen atoms in total. The first-order valence-electron chi connectivity index (χ1n) is 23.6. The quantitative estimate of drug-likeness (QED) is 0.0487. The fraction of sp³-hybridized carbons (Fsp3) is 0.510. The van der Waals surface area contributed by atoms with Gasteiger partial charge in [-0.1, -0.05) is 26.7 Å². The number of fused-ring (bicyclic) bond motifs is 2. The van der Waals surface area contributed by atoms with E-state index >= 15 is 0 Å². The van der Waals surface area contributed by atoms with Gasteiger partial charge in [0.1, 0.15) is 5.78 Å². The Kier molecular flexibility index (Phi) is 13.2. The zero-order valence-corrected chi connectivity index (χ0v) is 39.6. The van der Waals surface area contributed by atoms with Crippen LogP contribution in [0.25, 0.3) is 18.2 Å². The number of amides is 3. The predicted octanol–water partition coefficient (Wildman–Crippen LogP) is 6.05. The molecule has 13 heteroatoms. The van der Waals surface area contributed by atoms with Crippen LogP contribution in [-0.4, -0.2) is 89.4 Å². The van der Waals surface area contributed by atoms with Crippen LogP contribution in [0.15, 0.2) is 39.8 Å². The van der Waals surface area contributed by atoms with E-state index in [1.54, 1.807) is 0 Å². The number of rotatable bonds is 20. The topological polar surface area (TPSA) is 137 Å². The van der Waals surface area contributed by atoms with Crippen molar-refractivity contribution in [1.29, 1.82) is 0 Å². The number of imide groups is 1. The number of esters is 1. The van der Waals surface area contributed by atoms with E-state index in [0.29, 0.717) is 38.8 Å². The van der Waals surface area contributed by atoms with Crippen molar-refractivity contribution in [3.63, 3.8) is 0 Å². The zero-order chi connectivity index (χ0) is 45.6. The van der Waals surface area contributed by atoms with E-state index in [2.05, 4.69) is 102 Å². The maximum absolute atomic E-state index is 13.6. The third-order valence-corrected chi connectivity index (χ3v) is 14.5. The molecule has 0 aliphatic carbocycles. The van der Waals surface area contributed by atoms with E-state index in [1.807, 2.05) is 6.92 Å². The Balaban J connectivity index is 1.14. The third-order valence-electron chi connectivity index (χ3n) is 14.1. The van der Waals surface area contributed by atoms with Gasteiger partial charge in [-0.3, -0.25) is 28.9 Å². The molecule has 2 aromatic rings. The molecule has 0 radical (unpaired) electrons. The second-order valence-electron chi connectivity index (χ2n) is 18.1. The first-order valence-corrected chi connectivity index (χ1v) is 24.1. The molecule has 1 fully saturated rings. The highest BCUT2D eigenvalue weighted by atomic mass is 32.1. The van der Waals surface area contributed by atoms with Gasteiger partial charge < -0.3 is 15.0 Å². The van der Waals surface area contributed by atoms with Crippen LogP contribution in [0, 0.1) is 13.8 Å². The summed E-state index contributed by atoms with van der Waals surface area (Å²) in [6.45, 7) is 16.0. The number of hydrogen-bond acceptors (Lipinski definition) is 7. The van der Waals surface area contributed by atoms with E-state index in [9.17, 15) is 24.0 Å². The standard InChI is InChI=1S/C51H62N6O6S/c1-8-11-15-34-29(4)38-24-43-35(16-12-9-2)30(5)41-26-45-37(18-20-49(61)63-10-3)32(7)42-27-44-36(31(6)40(25-39(34)53-38)55(44)51(56(41)43)57(42)45)17-19-47(59)52-22-13-14-33(58)21-23-54-48(60)28-46(64)50(54)62/h24-27,46,51H,8-23,28H2,1-7H3,(H-,52,59,64)/p+2. The monoisotopic (exact) mass is 888 g/mol. The van der Waals surface area contributed by atoms with E-state index in [1.165, 1.54) is 33.6 Å². The third kappa shape index (κ3) is 8.06. The minimum absolute atomic E-state index is 0.0501. The van der Waals surface area contributed by atoms with E-state index in [4.69, 9.17) is 4.74 Å². The van der Waals surface area contributed by atoms with Crippen molar-refractivity contribution in [1.82, 2.24) is 19.8 Å². The van der Waals surface area contributed by atoms with Gasteiger partial charge in [-0.25, -0.2) is 4.57 Å². The molecule has 1 saturated heterocycles. The van der Waals surface area contributed by atoms with Crippen LogP contribution < -0.4 is 16.0 Å². The lowest BCUT2D eigenvalue weighted by atomic mass is 9.97. The fourth-order valence-corrected chi connectivity index (χ4v) is 10.8. The van der Waals surface area contributed by atoms with Gasteiger partial charge in [0.05, 0.1) is 29.3 Å². The Morgan fingerprint density at radius 1 is 0.766 bits per heavy atom. The molecule has 0 saturated carbocycles. The number of carbonyl (C=O) groups excluding carboxylic acids is 5. The van der Waals surface area contributed by atoms with Gasteiger partial charge in [-0.15, -0.1) is 9.15 Å². The molecule has 2 bridgehead atoms. The second-order valence-corrected chi connectivity index (χ2v) is 18.7. The summed E-state index contributed by atoms with van der Waals surface area (Å²) in [6, 6.07) is 0. The van der Waals surface area contributed by atoms with Gasteiger partial charge in [0.15, 0.2) is 0 Å². The van der Waals surface area contributed by atoms with Gasteiger partial charge in [0.25, 0.3) is 0 Å². The number of hydrogen-bond donors (Lipinski definition) is 3. The highest BCUT2D eigenvalue weighted by Crippen LogP contribution is 2.47. The zero-order valence-electron chi connectivity index (χ0n) is 38.7. The Hall–Kier alpha value is -5.30. The first-order chi connectivity index (χ1) is 30.8. The average molecular weight is 889 g/mol. The number of carbonyl (C=O) groups is 5. The largest absolute Gasteiger partial charge is 0.466 e. The van der Waals surface area contributed by atoms with E-state index in [-0.39, 0.29) is 68.0 Å². The molecule has 8 rings (SSSR count). The number of ether oxygens (including phenoxy) is 1. The number of H-pyrrole nitrogens is 1. The van der Waals surface area contributed by atoms with Crippen LogP contribution in [0.4, 0.5) is 0 Å². The minimum Gasteiger partial charge on any atom is -0.466 e. The number of ketones is 1. The lowest BCUT2D eigenvalue weighted by molar-refractivity contribution is -0.767. The molecule has 3 amide bonds. The molecule has 0 spiro atoms. The van der Waals surface area contributed by atoms with Crippen LogP contribution in [0.1, 0.15) is 152 Å². The molecule has 8 heterocycles. The van der Waals surface area contributed by atoms with E-state index in [0.717, 1.165) is 99.2 Å². The van der Waals surface area contributed by atoms with Crippen molar-refractivity contribution >= 4 is 71.8 Å². The van der Waals surface area contributed by atoms with Crippen LogP contribution in [0.2, 0.25) is 0 Å². The Labute approximate surface area is 381 Å². The highest BCUT2D eigenvalue weighted by Gasteiger charge is 2.57. The highest BCUT2D eigenvalue weighted by molar-refractivity contribution is 7.81. The van der Waals surface area contributed by atoms with Gasteiger partial charge >= 0.3 is 12.3 Å². The molecule has 2 N–H and O–H groups in total. The lowest BCUT2D eigenvalue weighted by Crippen LogP contribution is -2.42. The molecule has 64 heavy (non-hydrogen) atoms. The number of unbranched alkanes of at least 4 members (excludes halogenated alkanes) is 2. The summed E-state index contributed by atoms with van der Waals surface area (Å²) < 4.78 is 12.9. The minimum atomic E-state index is -0.630. The Bertz CT molecular complexity index is 2700. The van der Waals surface area contributed by atoms with Gasteiger partial charge in [-0.2, -0.15) is 12.6 Å². The van der Waals surface area contributed by atoms with Crippen molar-refractivity contribution in [3.8, 4) is 0 Å². The SMILES string of the molecule is CCCCc1c(C)c2n3c1C=c1[nH]c(c(CCCC)c1C)=CC1=[N+]4C(=CC5=[N+](C(=C2)C(CCC(=O)OCC)=C5C)C34)C(CCC(=O)NCCCC(=O)CCN2C(=O)CC(S)C2=O)=C1C. The molecule has 2 atom stereocenters. The summed E-state index contributed by atoms with van der Waals surface area (Å²) >= 11 is 4.16. The Morgan fingerprint density at radius 3 is 2.08 bits per heavy atom. The maximum Gasteiger partial charge on any atom is 0.446 e. The maximum atomic E-state index is 13.6. The van der Waals surface area contributed by atoms with Crippen molar-refractivity contribution < 1.29 is 37.9 Å². The normalized spacial score (nSPS) is 19.3. The lowest BCUT2D eigenvalue weighted by Gasteiger charge is -2.25. The second kappa shape index (κ2) is 18.7. The van der Waals surface area contributed by atoms with E-state index < -0.39 is 5.25 Å².